The van der Waals surface area contributed by atoms with Gasteiger partial charge in [0.1, 0.15) is 0 Å². The summed E-state index contributed by atoms with van der Waals surface area (Å²) in [4.78, 5) is 23.1. The Balaban J connectivity index is 2.44. The number of carbonyl (C=O) groups excluding carboxylic acids is 2. The molecule has 0 fully saturated rings. The Hall–Kier alpha value is -1.46. The molecule has 0 saturated heterocycles. The Kier molecular flexibility index (Phi) is 5.65. The zero-order valence-electron chi connectivity index (χ0n) is 11.5. The highest BCUT2D eigenvalue weighted by molar-refractivity contribution is 6.42. The standard InChI is InChI=1S/C13H17Cl2N3O2/c1-13(2,3)18-11(19)7-16-12(20)17-8-4-5-9(14)10(15)6-8/h4-6H,7H2,1-3H3,(H,18,19)(H2,16,17,20). The highest BCUT2D eigenvalue weighted by atomic mass is 35.5. The summed E-state index contributed by atoms with van der Waals surface area (Å²) in [5, 5.41) is 8.49. The molecule has 1 aromatic rings. The van der Waals surface area contributed by atoms with E-state index in [1.165, 1.54) is 6.07 Å². The first-order chi connectivity index (χ1) is 9.17. The largest absolute Gasteiger partial charge is 0.350 e. The van der Waals surface area contributed by atoms with Gasteiger partial charge >= 0.3 is 6.03 Å². The first-order valence-electron chi connectivity index (χ1n) is 5.98. The van der Waals surface area contributed by atoms with Crippen LogP contribution in [0.25, 0.3) is 0 Å². The molecule has 1 rings (SSSR count). The van der Waals surface area contributed by atoms with Gasteiger partial charge in [-0.15, -0.1) is 0 Å². The van der Waals surface area contributed by atoms with Gasteiger partial charge in [-0.1, -0.05) is 23.2 Å². The van der Waals surface area contributed by atoms with Crippen LogP contribution in [0.1, 0.15) is 20.8 Å². The highest BCUT2D eigenvalue weighted by Gasteiger charge is 2.14. The van der Waals surface area contributed by atoms with E-state index in [0.29, 0.717) is 15.7 Å². The molecule has 20 heavy (non-hydrogen) atoms. The van der Waals surface area contributed by atoms with Crippen molar-refractivity contribution >= 4 is 40.8 Å². The monoisotopic (exact) mass is 317 g/mol. The van der Waals surface area contributed by atoms with Crippen molar-refractivity contribution in [3.8, 4) is 0 Å². The number of benzene rings is 1. The van der Waals surface area contributed by atoms with Crippen LogP contribution in [0.5, 0.6) is 0 Å². The predicted molar refractivity (Wildman–Crippen MR) is 81.4 cm³/mol. The molecule has 1 aromatic carbocycles. The van der Waals surface area contributed by atoms with E-state index in [1.54, 1.807) is 12.1 Å². The number of nitrogens with one attached hydrogen (secondary N) is 3. The fourth-order valence-corrected chi connectivity index (χ4v) is 1.67. The first kappa shape index (κ1) is 16.6. The van der Waals surface area contributed by atoms with E-state index in [2.05, 4.69) is 16.0 Å². The van der Waals surface area contributed by atoms with E-state index in [-0.39, 0.29) is 18.0 Å². The lowest BCUT2D eigenvalue weighted by molar-refractivity contribution is -0.121. The first-order valence-corrected chi connectivity index (χ1v) is 6.74. The molecular formula is C13H17Cl2N3O2. The van der Waals surface area contributed by atoms with E-state index in [0.717, 1.165) is 0 Å². The lowest BCUT2D eigenvalue weighted by atomic mass is 10.1. The molecule has 0 aliphatic rings. The van der Waals surface area contributed by atoms with Crippen molar-refractivity contribution < 1.29 is 9.59 Å². The van der Waals surface area contributed by atoms with Crippen LogP contribution in [0.15, 0.2) is 18.2 Å². The minimum atomic E-state index is -0.493. The SMILES string of the molecule is CC(C)(C)NC(=O)CNC(=O)Nc1ccc(Cl)c(Cl)c1. The van der Waals surface area contributed by atoms with Crippen LogP contribution in [-0.4, -0.2) is 24.0 Å². The topological polar surface area (TPSA) is 70.2 Å². The van der Waals surface area contributed by atoms with Gasteiger partial charge in [0, 0.05) is 11.2 Å². The van der Waals surface area contributed by atoms with Gasteiger partial charge in [0.15, 0.2) is 0 Å². The molecule has 0 aliphatic heterocycles. The van der Waals surface area contributed by atoms with Crippen LogP contribution in [-0.2, 0) is 4.79 Å². The lowest BCUT2D eigenvalue weighted by Gasteiger charge is -2.20. The lowest BCUT2D eigenvalue weighted by Crippen LogP contribution is -2.46. The normalized spacial score (nSPS) is 10.8. The Labute approximate surface area is 128 Å². The summed E-state index contributed by atoms with van der Waals surface area (Å²) in [5.41, 5.74) is 0.159. The van der Waals surface area contributed by atoms with E-state index in [1.807, 2.05) is 20.8 Å². The van der Waals surface area contributed by atoms with Gasteiger partial charge in [0.25, 0.3) is 0 Å². The fraction of sp³-hybridized carbons (Fsp3) is 0.385. The number of carbonyl (C=O) groups is 2. The van der Waals surface area contributed by atoms with Crippen LogP contribution in [0.4, 0.5) is 10.5 Å². The second kappa shape index (κ2) is 6.81. The average Bonchev–Trinajstić information content (AvgIpc) is 2.29. The second-order valence-electron chi connectivity index (χ2n) is 5.23. The summed E-state index contributed by atoms with van der Waals surface area (Å²) in [6, 6.07) is 4.22. The van der Waals surface area contributed by atoms with Crippen LogP contribution in [0, 0.1) is 0 Å². The molecule has 0 atom stereocenters. The molecule has 5 nitrogen and oxygen atoms in total. The number of hydrogen-bond acceptors (Lipinski definition) is 2. The third-order valence-corrected chi connectivity index (χ3v) is 2.84. The minimum absolute atomic E-state index is 0.107. The van der Waals surface area contributed by atoms with Gasteiger partial charge < -0.3 is 16.0 Å². The maximum atomic E-state index is 11.6. The van der Waals surface area contributed by atoms with E-state index in [9.17, 15) is 9.59 Å². The molecule has 0 radical (unpaired) electrons. The number of amides is 3. The van der Waals surface area contributed by atoms with E-state index >= 15 is 0 Å². The van der Waals surface area contributed by atoms with Gasteiger partial charge in [0.05, 0.1) is 16.6 Å². The summed E-state index contributed by atoms with van der Waals surface area (Å²) in [6.07, 6.45) is 0. The smallest absolute Gasteiger partial charge is 0.319 e. The van der Waals surface area contributed by atoms with E-state index < -0.39 is 6.03 Å². The number of hydrogen-bond donors (Lipinski definition) is 3. The van der Waals surface area contributed by atoms with Crippen molar-refractivity contribution in [3.63, 3.8) is 0 Å². The van der Waals surface area contributed by atoms with Gasteiger partial charge in [-0.3, -0.25) is 4.79 Å². The third kappa shape index (κ3) is 6.12. The molecule has 3 amide bonds. The Morgan fingerprint density at radius 3 is 2.35 bits per heavy atom. The van der Waals surface area contributed by atoms with Crippen LogP contribution < -0.4 is 16.0 Å². The molecule has 0 spiro atoms. The summed E-state index contributed by atoms with van der Waals surface area (Å²) in [5.74, 6) is -0.262. The van der Waals surface area contributed by atoms with Crippen LogP contribution in [0.3, 0.4) is 0 Å². The molecule has 0 saturated carbocycles. The maximum Gasteiger partial charge on any atom is 0.319 e. The Bertz CT molecular complexity index is 513. The third-order valence-electron chi connectivity index (χ3n) is 2.10. The van der Waals surface area contributed by atoms with E-state index in [4.69, 9.17) is 23.2 Å². The van der Waals surface area contributed by atoms with Crippen LogP contribution >= 0.6 is 23.2 Å². The van der Waals surface area contributed by atoms with Crippen molar-refractivity contribution in [1.82, 2.24) is 10.6 Å². The summed E-state index contributed by atoms with van der Waals surface area (Å²) in [7, 11) is 0. The van der Waals surface area contributed by atoms with Crippen molar-refractivity contribution in [2.75, 3.05) is 11.9 Å². The summed E-state index contributed by atoms with van der Waals surface area (Å²) >= 11 is 11.6. The minimum Gasteiger partial charge on any atom is -0.350 e. The predicted octanol–water partition coefficient (Wildman–Crippen LogP) is 3.03. The quantitative estimate of drug-likeness (QED) is 0.802. The molecule has 110 valence electrons. The molecule has 7 heteroatoms. The zero-order valence-corrected chi connectivity index (χ0v) is 13.0. The highest BCUT2D eigenvalue weighted by Crippen LogP contribution is 2.24. The van der Waals surface area contributed by atoms with Crippen molar-refractivity contribution in [1.29, 1.82) is 0 Å². The van der Waals surface area contributed by atoms with Crippen LogP contribution in [0.2, 0.25) is 10.0 Å². The number of anilines is 1. The molecule has 0 heterocycles. The summed E-state index contributed by atoms with van der Waals surface area (Å²) in [6.45, 7) is 5.48. The maximum absolute atomic E-state index is 11.6. The second-order valence-corrected chi connectivity index (χ2v) is 6.05. The summed E-state index contributed by atoms with van der Waals surface area (Å²) < 4.78 is 0. The number of halogens is 2. The van der Waals surface area contributed by atoms with Crippen molar-refractivity contribution in [3.05, 3.63) is 28.2 Å². The molecular weight excluding hydrogens is 301 g/mol. The molecule has 0 bridgehead atoms. The van der Waals surface area contributed by atoms with Crippen molar-refractivity contribution in [2.24, 2.45) is 0 Å². The number of rotatable bonds is 3. The van der Waals surface area contributed by atoms with Crippen molar-refractivity contribution in [2.45, 2.75) is 26.3 Å². The van der Waals surface area contributed by atoms with Gasteiger partial charge in [-0.25, -0.2) is 4.79 Å². The van der Waals surface area contributed by atoms with Gasteiger partial charge in [-0.05, 0) is 39.0 Å². The average molecular weight is 318 g/mol. The Morgan fingerprint density at radius 1 is 1.15 bits per heavy atom. The zero-order chi connectivity index (χ0) is 15.3. The fourth-order valence-electron chi connectivity index (χ4n) is 1.37. The number of urea groups is 1. The Morgan fingerprint density at radius 2 is 1.80 bits per heavy atom. The molecule has 0 aromatic heterocycles. The van der Waals surface area contributed by atoms with Gasteiger partial charge in [-0.2, -0.15) is 0 Å². The molecule has 0 aliphatic carbocycles. The van der Waals surface area contributed by atoms with Gasteiger partial charge in [0.2, 0.25) is 5.91 Å². The molecule has 3 N–H and O–H groups in total. The molecule has 0 unspecified atom stereocenters.